The summed E-state index contributed by atoms with van der Waals surface area (Å²) in [7, 11) is 0. The smallest absolute Gasteiger partial charge is 0.254 e. The zero-order chi connectivity index (χ0) is 18.7. The van der Waals surface area contributed by atoms with Crippen LogP contribution in [0.5, 0.6) is 0 Å². The first kappa shape index (κ1) is 18.3. The van der Waals surface area contributed by atoms with E-state index in [4.69, 9.17) is 4.52 Å². The molecular formula is C20H20BrN3O2. The van der Waals surface area contributed by atoms with Gasteiger partial charge in [-0.2, -0.15) is 4.98 Å². The third kappa shape index (κ3) is 4.19. The van der Waals surface area contributed by atoms with Gasteiger partial charge in [0.1, 0.15) is 6.54 Å². The van der Waals surface area contributed by atoms with Gasteiger partial charge in [-0.3, -0.25) is 4.79 Å². The van der Waals surface area contributed by atoms with E-state index in [0.29, 0.717) is 17.3 Å². The molecule has 0 spiro atoms. The minimum Gasteiger partial charge on any atom is -0.337 e. The summed E-state index contributed by atoms with van der Waals surface area (Å²) in [4.78, 5) is 19.0. The summed E-state index contributed by atoms with van der Waals surface area (Å²) < 4.78 is 6.32. The number of carbonyl (C=O) groups excluding carboxylic acids is 1. The molecule has 0 atom stereocenters. The van der Waals surface area contributed by atoms with E-state index in [-0.39, 0.29) is 18.5 Å². The molecular weight excluding hydrogens is 394 g/mol. The number of hydrogen-bond donors (Lipinski definition) is 0. The van der Waals surface area contributed by atoms with Crippen LogP contribution < -0.4 is 0 Å². The maximum Gasteiger partial charge on any atom is 0.254 e. The maximum absolute atomic E-state index is 12.8. The first-order chi connectivity index (χ1) is 12.4. The molecule has 0 bridgehead atoms. The highest BCUT2D eigenvalue weighted by Crippen LogP contribution is 2.19. The first-order valence-electron chi connectivity index (χ1n) is 8.40. The fourth-order valence-corrected chi connectivity index (χ4v) is 2.88. The minimum atomic E-state index is -0.0668. The molecule has 134 valence electrons. The van der Waals surface area contributed by atoms with Gasteiger partial charge in [-0.1, -0.05) is 44.8 Å². The second-order valence-corrected chi connectivity index (χ2v) is 7.33. The van der Waals surface area contributed by atoms with E-state index in [1.165, 1.54) is 0 Å². The molecule has 0 aliphatic rings. The zero-order valence-electron chi connectivity index (χ0n) is 14.9. The molecule has 1 amide bonds. The molecule has 5 nitrogen and oxygen atoms in total. The predicted octanol–water partition coefficient (Wildman–Crippen LogP) is 4.86. The Hall–Kier alpha value is -2.47. The Morgan fingerprint density at radius 1 is 1.19 bits per heavy atom. The Labute approximate surface area is 161 Å². The zero-order valence-corrected chi connectivity index (χ0v) is 16.5. The summed E-state index contributed by atoms with van der Waals surface area (Å²) >= 11 is 3.39. The van der Waals surface area contributed by atoms with Gasteiger partial charge in [0.2, 0.25) is 11.7 Å². The van der Waals surface area contributed by atoms with Gasteiger partial charge in [-0.15, -0.1) is 0 Å². The second kappa shape index (κ2) is 7.83. The second-order valence-electron chi connectivity index (χ2n) is 6.41. The van der Waals surface area contributed by atoms with Crippen LogP contribution in [0.15, 0.2) is 57.5 Å². The van der Waals surface area contributed by atoms with Crippen molar-refractivity contribution in [3.05, 3.63) is 70.0 Å². The number of halogens is 1. The Bertz CT molecular complexity index is 903. The fourth-order valence-electron chi connectivity index (χ4n) is 2.61. The first-order valence-corrected chi connectivity index (χ1v) is 9.19. The molecule has 3 aromatic rings. The van der Waals surface area contributed by atoms with E-state index in [9.17, 15) is 4.79 Å². The average molecular weight is 414 g/mol. The Morgan fingerprint density at radius 2 is 1.92 bits per heavy atom. The number of aromatic nitrogens is 2. The van der Waals surface area contributed by atoms with E-state index in [0.717, 1.165) is 15.6 Å². The standard InChI is InChI=1S/C20H20BrN3O2/c1-13(2)24(20(25)15-7-9-17(21)10-8-15)12-18-22-19(23-26-18)16-6-4-5-14(3)11-16/h4-11,13H,12H2,1-3H3. The lowest BCUT2D eigenvalue weighted by molar-refractivity contribution is 0.0667. The molecule has 1 heterocycles. The molecule has 3 rings (SSSR count). The molecule has 26 heavy (non-hydrogen) atoms. The lowest BCUT2D eigenvalue weighted by atomic mass is 10.1. The number of benzene rings is 2. The molecule has 1 aromatic heterocycles. The van der Waals surface area contributed by atoms with E-state index < -0.39 is 0 Å². The highest BCUT2D eigenvalue weighted by atomic mass is 79.9. The highest BCUT2D eigenvalue weighted by Gasteiger charge is 2.22. The van der Waals surface area contributed by atoms with Gasteiger partial charge in [0.25, 0.3) is 5.91 Å². The number of hydrogen-bond acceptors (Lipinski definition) is 4. The molecule has 6 heteroatoms. The van der Waals surface area contributed by atoms with Crippen LogP contribution in [-0.2, 0) is 6.54 Å². The number of nitrogens with zero attached hydrogens (tertiary/aromatic N) is 3. The van der Waals surface area contributed by atoms with Crippen molar-refractivity contribution in [1.82, 2.24) is 15.0 Å². The summed E-state index contributed by atoms with van der Waals surface area (Å²) in [5.74, 6) is 0.881. The number of rotatable bonds is 5. The van der Waals surface area contributed by atoms with Crippen LogP contribution in [0, 0.1) is 6.92 Å². The van der Waals surface area contributed by atoms with Crippen LogP contribution in [0.1, 0.15) is 35.7 Å². The van der Waals surface area contributed by atoms with Crippen LogP contribution in [0.3, 0.4) is 0 Å². The van der Waals surface area contributed by atoms with Crippen molar-refractivity contribution in [3.63, 3.8) is 0 Å². The number of amides is 1. The summed E-state index contributed by atoms with van der Waals surface area (Å²) in [6.07, 6.45) is 0. The van der Waals surface area contributed by atoms with Gasteiger partial charge in [0.05, 0.1) is 0 Å². The van der Waals surface area contributed by atoms with Crippen molar-refractivity contribution in [2.45, 2.75) is 33.4 Å². The van der Waals surface area contributed by atoms with E-state index >= 15 is 0 Å². The summed E-state index contributed by atoms with van der Waals surface area (Å²) in [6.45, 7) is 6.22. The molecule has 2 aromatic carbocycles. The molecule has 0 unspecified atom stereocenters. The normalized spacial score (nSPS) is 11.0. The van der Waals surface area contributed by atoms with Gasteiger partial charge in [0.15, 0.2) is 0 Å². The fraction of sp³-hybridized carbons (Fsp3) is 0.250. The molecule has 0 fully saturated rings. The Kier molecular flexibility index (Phi) is 5.52. The van der Waals surface area contributed by atoms with Crippen molar-refractivity contribution in [2.24, 2.45) is 0 Å². The molecule has 0 aliphatic heterocycles. The van der Waals surface area contributed by atoms with Gasteiger partial charge in [-0.05, 0) is 51.1 Å². The topological polar surface area (TPSA) is 59.2 Å². The molecule has 0 saturated carbocycles. The largest absolute Gasteiger partial charge is 0.337 e. The Morgan fingerprint density at radius 3 is 2.58 bits per heavy atom. The SMILES string of the molecule is Cc1cccc(-c2noc(CN(C(=O)c3ccc(Br)cc3)C(C)C)n2)c1. The third-order valence-corrected chi connectivity index (χ3v) is 4.55. The quantitative estimate of drug-likeness (QED) is 0.599. The third-order valence-electron chi connectivity index (χ3n) is 4.03. The summed E-state index contributed by atoms with van der Waals surface area (Å²) in [5, 5.41) is 4.05. The van der Waals surface area contributed by atoms with Crippen LogP contribution in [0.25, 0.3) is 11.4 Å². The molecule has 0 N–H and O–H groups in total. The van der Waals surface area contributed by atoms with Gasteiger partial charge in [0, 0.05) is 21.6 Å². The van der Waals surface area contributed by atoms with E-state index in [1.807, 2.05) is 57.2 Å². The van der Waals surface area contributed by atoms with Crippen molar-refractivity contribution >= 4 is 21.8 Å². The lowest BCUT2D eigenvalue weighted by Crippen LogP contribution is -2.36. The van der Waals surface area contributed by atoms with Crippen LogP contribution in [-0.4, -0.2) is 27.0 Å². The van der Waals surface area contributed by atoms with Crippen molar-refractivity contribution < 1.29 is 9.32 Å². The van der Waals surface area contributed by atoms with Gasteiger partial charge in [-0.25, -0.2) is 0 Å². The monoisotopic (exact) mass is 413 g/mol. The molecule has 0 radical (unpaired) electrons. The molecule has 0 aliphatic carbocycles. The van der Waals surface area contributed by atoms with Gasteiger partial charge < -0.3 is 9.42 Å². The highest BCUT2D eigenvalue weighted by molar-refractivity contribution is 9.10. The number of aryl methyl sites for hydroxylation is 1. The van der Waals surface area contributed by atoms with Gasteiger partial charge >= 0.3 is 0 Å². The maximum atomic E-state index is 12.8. The minimum absolute atomic E-state index is 0.000432. The summed E-state index contributed by atoms with van der Waals surface area (Å²) in [5.41, 5.74) is 2.65. The van der Waals surface area contributed by atoms with Crippen molar-refractivity contribution in [3.8, 4) is 11.4 Å². The van der Waals surface area contributed by atoms with Crippen LogP contribution in [0.4, 0.5) is 0 Å². The molecule has 0 saturated heterocycles. The van der Waals surface area contributed by atoms with Crippen molar-refractivity contribution in [2.75, 3.05) is 0 Å². The van der Waals surface area contributed by atoms with E-state index in [1.54, 1.807) is 17.0 Å². The number of carbonyl (C=O) groups is 1. The van der Waals surface area contributed by atoms with Crippen molar-refractivity contribution in [1.29, 1.82) is 0 Å². The Balaban J connectivity index is 1.80. The lowest BCUT2D eigenvalue weighted by Gasteiger charge is -2.25. The van der Waals surface area contributed by atoms with E-state index in [2.05, 4.69) is 26.1 Å². The summed E-state index contributed by atoms with van der Waals surface area (Å²) in [6, 6.07) is 15.2. The van der Waals surface area contributed by atoms with Crippen LogP contribution in [0.2, 0.25) is 0 Å². The predicted molar refractivity (Wildman–Crippen MR) is 104 cm³/mol. The van der Waals surface area contributed by atoms with Crippen LogP contribution >= 0.6 is 15.9 Å². The average Bonchev–Trinajstić information content (AvgIpc) is 3.08.